The van der Waals surface area contributed by atoms with Crippen LogP contribution in [0.4, 0.5) is 14.6 Å². The van der Waals surface area contributed by atoms with Gasteiger partial charge in [-0.25, -0.2) is 13.8 Å². The number of ether oxygens (including phenoxy) is 1. The van der Waals surface area contributed by atoms with E-state index < -0.39 is 11.6 Å². The molecule has 24 heavy (non-hydrogen) atoms. The van der Waals surface area contributed by atoms with Gasteiger partial charge in [-0.1, -0.05) is 0 Å². The van der Waals surface area contributed by atoms with Crippen LogP contribution in [0.2, 0.25) is 0 Å². The molecule has 0 bridgehead atoms. The molecule has 0 saturated carbocycles. The Morgan fingerprint density at radius 2 is 1.96 bits per heavy atom. The number of pyridine rings is 1. The molecule has 132 valence electrons. The average molecular weight is 337 g/mol. The fourth-order valence-electron chi connectivity index (χ4n) is 4.69. The van der Waals surface area contributed by atoms with Crippen LogP contribution in [-0.2, 0) is 4.74 Å². The van der Waals surface area contributed by atoms with Gasteiger partial charge in [0.25, 0.3) is 0 Å². The zero-order chi connectivity index (χ0) is 16.6. The van der Waals surface area contributed by atoms with Crippen LogP contribution in [0.3, 0.4) is 0 Å². The quantitative estimate of drug-likeness (QED) is 0.830. The van der Waals surface area contributed by atoms with Crippen LogP contribution in [0.1, 0.15) is 32.1 Å². The minimum Gasteiger partial charge on any atom is -0.381 e. The van der Waals surface area contributed by atoms with Crippen molar-refractivity contribution in [3.05, 3.63) is 23.9 Å². The van der Waals surface area contributed by atoms with Gasteiger partial charge in [0.1, 0.15) is 5.82 Å². The molecule has 3 aliphatic heterocycles. The van der Waals surface area contributed by atoms with Gasteiger partial charge < -0.3 is 9.64 Å². The normalized spacial score (nSPS) is 29.5. The van der Waals surface area contributed by atoms with E-state index in [1.165, 1.54) is 6.42 Å². The van der Waals surface area contributed by atoms with Crippen LogP contribution in [0, 0.1) is 17.0 Å². The van der Waals surface area contributed by atoms with E-state index >= 15 is 0 Å². The number of anilines is 1. The Balaban J connectivity index is 1.46. The first-order chi connectivity index (χ1) is 11.7. The summed E-state index contributed by atoms with van der Waals surface area (Å²) in [5.74, 6) is -0.860. The second kappa shape index (κ2) is 6.56. The summed E-state index contributed by atoms with van der Waals surface area (Å²) in [6.07, 6.45) is 6.74. The smallest absolute Gasteiger partial charge is 0.168 e. The molecule has 1 aromatic rings. The van der Waals surface area contributed by atoms with Gasteiger partial charge in [-0.05, 0) is 38.6 Å². The Morgan fingerprint density at radius 1 is 1.12 bits per heavy atom. The van der Waals surface area contributed by atoms with Crippen LogP contribution in [0.15, 0.2) is 12.3 Å². The molecule has 6 heteroatoms. The largest absolute Gasteiger partial charge is 0.381 e. The molecule has 0 aromatic carbocycles. The third kappa shape index (κ3) is 3.14. The minimum absolute atomic E-state index is 0.221. The molecule has 4 nitrogen and oxygen atoms in total. The number of halogens is 2. The van der Waals surface area contributed by atoms with Crippen molar-refractivity contribution in [3.8, 4) is 0 Å². The lowest BCUT2D eigenvalue weighted by Gasteiger charge is -2.42. The van der Waals surface area contributed by atoms with Gasteiger partial charge in [0.05, 0.1) is 6.20 Å². The molecule has 1 aromatic heterocycles. The number of nitrogens with zero attached hydrogens (tertiary/aromatic N) is 3. The Labute approximate surface area is 141 Å². The predicted octanol–water partition coefficient (Wildman–Crippen LogP) is 2.83. The van der Waals surface area contributed by atoms with Crippen molar-refractivity contribution in [1.82, 2.24) is 9.88 Å². The molecule has 0 aliphatic carbocycles. The number of likely N-dealkylation sites (tertiary alicyclic amines) is 1. The van der Waals surface area contributed by atoms with Gasteiger partial charge in [-0.15, -0.1) is 0 Å². The third-order valence-corrected chi connectivity index (χ3v) is 5.92. The number of hydrogen-bond acceptors (Lipinski definition) is 4. The molecule has 0 amide bonds. The topological polar surface area (TPSA) is 28.6 Å². The number of rotatable bonds is 2. The molecule has 1 atom stereocenters. The Hall–Kier alpha value is -1.27. The fraction of sp³-hybridized carbons (Fsp3) is 0.722. The summed E-state index contributed by atoms with van der Waals surface area (Å²) in [5.41, 5.74) is 0.221. The summed E-state index contributed by atoms with van der Waals surface area (Å²) in [5, 5.41) is 0. The Morgan fingerprint density at radius 3 is 2.75 bits per heavy atom. The highest BCUT2D eigenvalue weighted by atomic mass is 19.1. The van der Waals surface area contributed by atoms with Crippen molar-refractivity contribution in [1.29, 1.82) is 0 Å². The number of piperidine rings is 1. The molecule has 4 heterocycles. The number of aromatic nitrogens is 1. The first-order valence-corrected chi connectivity index (χ1v) is 9.03. The summed E-state index contributed by atoms with van der Waals surface area (Å²) < 4.78 is 32.7. The van der Waals surface area contributed by atoms with E-state index in [1.54, 1.807) is 0 Å². The predicted molar refractivity (Wildman–Crippen MR) is 88.1 cm³/mol. The lowest BCUT2D eigenvalue weighted by atomic mass is 9.79. The fourth-order valence-corrected chi connectivity index (χ4v) is 4.69. The van der Waals surface area contributed by atoms with Crippen molar-refractivity contribution >= 4 is 5.82 Å². The van der Waals surface area contributed by atoms with E-state index in [0.29, 0.717) is 11.9 Å². The zero-order valence-corrected chi connectivity index (χ0v) is 14.0. The maximum atomic E-state index is 14.1. The van der Waals surface area contributed by atoms with Crippen LogP contribution in [0.25, 0.3) is 0 Å². The van der Waals surface area contributed by atoms with Crippen molar-refractivity contribution < 1.29 is 13.5 Å². The monoisotopic (exact) mass is 337 g/mol. The van der Waals surface area contributed by atoms with Gasteiger partial charge in [-0.2, -0.15) is 0 Å². The molecular weight excluding hydrogens is 312 g/mol. The van der Waals surface area contributed by atoms with E-state index in [1.807, 2.05) is 4.90 Å². The first kappa shape index (κ1) is 16.2. The summed E-state index contributed by atoms with van der Waals surface area (Å²) in [6.45, 7) is 5.56. The van der Waals surface area contributed by atoms with Crippen molar-refractivity contribution in [2.45, 2.75) is 38.1 Å². The van der Waals surface area contributed by atoms with Crippen molar-refractivity contribution in [2.24, 2.45) is 5.41 Å². The van der Waals surface area contributed by atoms with Crippen molar-refractivity contribution in [3.63, 3.8) is 0 Å². The lowest BCUT2D eigenvalue weighted by Crippen LogP contribution is -2.47. The zero-order valence-electron chi connectivity index (χ0n) is 14.0. The maximum Gasteiger partial charge on any atom is 0.168 e. The van der Waals surface area contributed by atoms with Crippen molar-refractivity contribution in [2.75, 3.05) is 44.3 Å². The maximum absolute atomic E-state index is 14.1. The van der Waals surface area contributed by atoms with Gasteiger partial charge >= 0.3 is 0 Å². The highest BCUT2D eigenvalue weighted by molar-refractivity contribution is 5.41. The Kier molecular flexibility index (Phi) is 4.43. The molecule has 0 radical (unpaired) electrons. The second-order valence-corrected chi connectivity index (χ2v) is 7.55. The Bertz CT molecular complexity index is 594. The van der Waals surface area contributed by atoms with Gasteiger partial charge in [0.15, 0.2) is 11.6 Å². The van der Waals surface area contributed by atoms with E-state index in [-0.39, 0.29) is 5.41 Å². The average Bonchev–Trinajstić information content (AvgIpc) is 2.99. The molecule has 3 fully saturated rings. The SMILES string of the molecule is Fc1cnc(N2CCC[C@]3(CCN(C4CCOCC4)C3)C2)c(F)c1. The summed E-state index contributed by atoms with van der Waals surface area (Å²) in [6, 6.07) is 1.57. The summed E-state index contributed by atoms with van der Waals surface area (Å²) >= 11 is 0. The van der Waals surface area contributed by atoms with E-state index in [9.17, 15) is 8.78 Å². The first-order valence-electron chi connectivity index (χ1n) is 9.03. The van der Waals surface area contributed by atoms with E-state index in [4.69, 9.17) is 4.74 Å². The van der Waals surface area contributed by atoms with E-state index in [0.717, 1.165) is 77.3 Å². The molecule has 3 aliphatic rings. The van der Waals surface area contributed by atoms with Gasteiger partial charge in [0.2, 0.25) is 0 Å². The summed E-state index contributed by atoms with van der Waals surface area (Å²) in [7, 11) is 0. The van der Waals surface area contributed by atoms with Crippen LogP contribution in [-0.4, -0.2) is 55.3 Å². The lowest BCUT2D eigenvalue weighted by molar-refractivity contribution is 0.0375. The van der Waals surface area contributed by atoms with Crippen LogP contribution in [0.5, 0.6) is 0 Å². The second-order valence-electron chi connectivity index (χ2n) is 7.55. The molecule has 0 N–H and O–H groups in total. The molecule has 0 unspecified atom stereocenters. The highest BCUT2D eigenvalue weighted by Gasteiger charge is 2.43. The standard InChI is InChI=1S/C18H25F2N3O/c19-14-10-16(20)17(21-11-14)23-6-1-4-18(13-23)5-7-22(12-18)15-2-8-24-9-3-15/h10-11,15H,1-9,12-13H2/t18-/m1/s1. The molecule has 1 spiro atoms. The molecular formula is C18H25F2N3O. The van der Waals surface area contributed by atoms with Gasteiger partial charge in [-0.3, -0.25) is 4.90 Å². The molecule has 3 saturated heterocycles. The highest BCUT2D eigenvalue weighted by Crippen LogP contribution is 2.41. The van der Waals surface area contributed by atoms with Crippen LogP contribution >= 0.6 is 0 Å². The minimum atomic E-state index is -0.616. The third-order valence-electron chi connectivity index (χ3n) is 5.92. The number of hydrogen-bond donors (Lipinski definition) is 0. The van der Waals surface area contributed by atoms with Gasteiger partial charge in [0, 0.05) is 50.4 Å². The van der Waals surface area contributed by atoms with Crippen LogP contribution < -0.4 is 4.90 Å². The molecule has 4 rings (SSSR count). The summed E-state index contributed by atoms with van der Waals surface area (Å²) in [4.78, 5) is 8.64. The van der Waals surface area contributed by atoms with E-state index in [2.05, 4.69) is 9.88 Å².